The van der Waals surface area contributed by atoms with Gasteiger partial charge in [0.1, 0.15) is 0 Å². The van der Waals surface area contributed by atoms with Crippen molar-refractivity contribution < 1.29 is 14.3 Å². The van der Waals surface area contributed by atoms with E-state index in [1.807, 2.05) is 0 Å². The molecule has 2 aliphatic rings. The zero-order valence-electron chi connectivity index (χ0n) is 15.6. The lowest BCUT2D eigenvalue weighted by atomic mass is 9.89. The average molecular weight is 338 g/mol. The van der Waals surface area contributed by atoms with Crippen LogP contribution in [0.5, 0.6) is 0 Å². The van der Waals surface area contributed by atoms with E-state index in [-0.39, 0.29) is 11.9 Å². The highest BCUT2D eigenvalue weighted by atomic mass is 16.5. The van der Waals surface area contributed by atoms with E-state index in [0.29, 0.717) is 12.0 Å². The Hall–Kier alpha value is -1.10. The number of unbranched alkanes of at least 4 members (excludes halogenated alkanes) is 1. The van der Waals surface area contributed by atoms with Crippen LogP contribution in [0.25, 0.3) is 0 Å². The monoisotopic (exact) mass is 338 g/mol. The molecule has 0 N–H and O–H groups in total. The molecular formula is C19H34N2O3. The minimum Gasteiger partial charge on any atom is -0.469 e. The fraction of sp³-hybridized carbons (Fsp3) is 0.895. The molecule has 5 heteroatoms. The quantitative estimate of drug-likeness (QED) is 0.476. The molecule has 0 aromatic carbocycles. The van der Waals surface area contributed by atoms with E-state index in [4.69, 9.17) is 14.6 Å². The lowest BCUT2D eigenvalue weighted by Crippen LogP contribution is -2.30. The van der Waals surface area contributed by atoms with E-state index >= 15 is 0 Å². The molecule has 0 spiro atoms. The normalized spacial score (nSPS) is 27.7. The van der Waals surface area contributed by atoms with Gasteiger partial charge in [0.2, 0.25) is 0 Å². The number of ether oxygens (including phenoxy) is 2. The van der Waals surface area contributed by atoms with E-state index in [1.165, 1.54) is 25.7 Å². The van der Waals surface area contributed by atoms with E-state index < -0.39 is 0 Å². The molecule has 0 bridgehead atoms. The number of hydrazone groups is 1. The van der Waals surface area contributed by atoms with Gasteiger partial charge in [0.25, 0.3) is 0 Å². The molecule has 0 amide bonds. The maximum atomic E-state index is 12.0. The zero-order chi connectivity index (χ0) is 17.4. The van der Waals surface area contributed by atoms with Crippen molar-refractivity contribution in [2.45, 2.75) is 70.8 Å². The van der Waals surface area contributed by atoms with Gasteiger partial charge in [-0.15, -0.1) is 0 Å². The third-order valence-corrected chi connectivity index (χ3v) is 5.45. The second-order valence-electron chi connectivity index (χ2n) is 7.21. The van der Waals surface area contributed by atoms with Crippen LogP contribution in [0, 0.1) is 11.8 Å². The third-order valence-electron chi connectivity index (χ3n) is 5.45. The Morgan fingerprint density at radius 2 is 2.04 bits per heavy atom. The molecule has 1 aliphatic carbocycles. The largest absolute Gasteiger partial charge is 0.469 e. The summed E-state index contributed by atoms with van der Waals surface area (Å²) in [6.45, 7) is 3.99. The lowest BCUT2D eigenvalue weighted by Gasteiger charge is -2.24. The number of rotatable bonds is 9. The van der Waals surface area contributed by atoms with Crippen LogP contribution in [0.15, 0.2) is 5.10 Å². The fourth-order valence-electron chi connectivity index (χ4n) is 4.11. The summed E-state index contributed by atoms with van der Waals surface area (Å²) >= 11 is 0. The molecule has 2 fully saturated rings. The van der Waals surface area contributed by atoms with Crippen molar-refractivity contribution >= 4 is 11.7 Å². The summed E-state index contributed by atoms with van der Waals surface area (Å²) in [5.41, 5.74) is 1.26. The van der Waals surface area contributed by atoms with Gasteiger partial charge in [-0.3, -0.25) is 9.80 Å². The highest BCUT2D eigenvalue weighted by Gasteiger charge is 2.34. The molecule has 0 unspecified atom stereocenters. The van der Waals surface area contributed by atoms with Crippen molar-refractivity contribution in [3.63, 3.8) is 0 Å². The van der Waals surface area contributed by atoms with Crippen molar-refractivity contribution in [2.24, 2.45) is 16.9 Å². The number of carbonyl (C=O) groups is 1. The predicted molar refractivity (Wildman–Crippen MR) is 96.0 cm³/mol. The van der Waals surface area contributed by atoms with Crippen molar-refractivity contribution in [3.05, 3.63) is 0 Å². The Labute approximate surface area is 146 Å². The summed E-state index contributed by atoms with van der Waals surface area (Å²) in [5.74, 6) is 0.428. The van der Waals surface area contributed by atoms with Gasteiger partial charge < -0.3 is 9.47 Å². The Morgan fingerprint density at radius 1 is 1.21 bits per heavy atom. The van der Waals surface area contributed by atoms with Crippen LogP contribution in [0.2, 0.25) is 0 Å². The zero-order valence-corrected chi connectivity index (χ0v) is 15.6. The van der Waals surface area contributed by atoms with Crippen LogP contribution in [0.1, 0.15) is 64.7 Å². The van der Waals surface area contributed by atoms with E-state index in [2.05, 4.69) is 11.9 Å². The summed E-state index contributed by atoms with van der Waals surface area (Å²) in [6, 6.07) is 0.409. The smallest absolute Gasteiger partial charge is 0.308 e. The summed E-state index contributed by atoms with van der Waals surface area (Å²) in [7, 11) is 3.26. The first-order valence-corrected chi connectivity index (χ1v) is 9.59. The average Bonchev–Trinajstić information content (AvgIpc) is 3.22. The number of hydrogen-bond acceptors (Lipinski definition) is 5. The standard InChI is InChI=1S/C19H34N2O3/c1-4-5-9-16(20-21-12-7-10-17(21)14-23-2)13-15-8-6-11-18(15)19(22)24-3/h15,17-18H,4-14H2,1-3H3/b20-16-/t15-,17+,18+/m1/s1. The number of nitrogens with zero attached hydrogens (tertiary/aromatic N) is 2. The molecule has 138 valence electrons. The Kier molecular flexibility index (Phi) is 8.03. The Morgan fingerprint density at radius 3 is 2.75 bits per heavy atom. The number of esters is 1. The summed E-state index contributed by atoms with van der Waals surface area (Å²) in [4.78, 5) is 12.0. The van der Waals surface area contributed by atoms with E-state index in [9.17, 15) is 4.79 Å². The van der Waals surface area contributed by atoms with Crippen molar-refractivity contribution in [2.75, 3.05) is 27.4 Å². The molecule has 0 aromatic rings. The van der Waals surface area contributed by atoms with Gasteiger partial charge in [0.05, 0.1) is 25.7 Å². The first-order chi connectivity index (χ1) is 11.7. The van der Waals surface area contributed by atoms with Gasteiger partial charge in [0.15, 0.2) is 0 Å². The van der Waals surface area contributed by atoms with Crippen molar-refractivity contribution in [3.8, 4) is 0 Å². The molecule has 1 saturated heterocycles. The number of hydrogen-bond donors (Lipinski definition) is 0. The molecule has 1 saturated carbocycles. The van der Waals surface area contributed by atoms with E-state index in [0.717, 1.165) is 58.1 Å². The molecule has 3 atom stereocenters. The second kappa shape index (κ2) is 10.0. The molecule has 0 radical (unpaired) electrons. The highest BCUT2D eigenvalue weighted by molar-refractivity contribution is 5.85. The summed E-state index contributed by atoms with van der Waals surface area (Å²) in [5, 5.41) is 7.25. The van der Waals surface area contributed by atoms with Crippen molar-refractivity contribution in [1.82, 2.24) is 5.01 Å². The van der Waals surface area contributed by atoms with Gasteiger partial charge in [0, 0.05) is 19.4 Å². The molecule has 24 heavy (non-hydrogen) atoms. The van der Waals surface area contributed by atoms with Crippen LogP contribution in [0.3, 0.4) is 0 Å². The first kappa shape index (κ1) is 19.2. The molecule has 2 rings (SSSR count). The highest BCUT2D eigenvalue weighted by Crippen LogP contribution is 2.36. The number of carbonyl (C=O) groups excluding carboxylic acids is 1. The Bertz CT molecular complexity index is 425. The fourth-order valence-corrected chi connectivity index (χ4v) is 4.11. The SMILES string of the molecule is CCCC/C(C[C@H]1CCC[C@@H]1C(=O)OC)=N/N1CCC[C@H]1COC. The van der Waals surface area contributed by atoms with Crippen LogP contribution in [-0.4, -0.2) is 50.1 Å². The summed E-state index contributed by atoms with van der Waals surface area (Å²) < 4.78 is 10.3. The van der Waals surface area contributed by atoms with Crippen LogP contribution < -0.4 is 0 Å². The van der Waals surface area contributed by atoms with Gasteiger partial charge in [-0.05, 0) is 50.9 Å². The van der Waals surface area contributed by atoms with Gasteiger partial charge in [-0.2, -0.15) is 5.10 Å². The molecule has 0 aromatic heterocycles. The van der Waals surface area contributed by atoms with Crippen molar-refractivity contribution in [1.29, 1.82) is 0 Å². The van der Waals surface area contributed by atoms with Crippen LogP contribution >= 0.6 is 0 Å². The van der Waals surface area contributed by atoms with E-state index in [1.54, 1.807) is 7.11 Å². The Balaban J connectivity index is 2.04. The van der Waals surface area contributed by atoms with Crippen LogP contribution in [0.4, 0.5) is 0 Å². The minimum atomic E-state index is -0.0363. The lowest BCUT2D eigenvalue weighted by molar-refractivity contribution is -0.146. The molecule has 1 heterocycles. The van der Waals surface area contributed by atoms with Gasteiger partial charge in [-0.25, -0.2) is 0 Å². The van der Waals surface area contributed by atoms with Gasteiger partial charge in [-0.1, -0.05) is 19.8 Å². The third kappa shape index (κ3) is 5.20. The number of methoxy groups -OCH3 is 2. The molecule has 5 nitrogen and oxygen atoms in total. The van der Waals surface area contributed by atoms with Crippen LogP contribution in [-0.2, 0) is 14.3 Å². The predicted octanol–water partition coefficient (Wildman–Crippen LogP) is 3.62. The van der Waals surface area contributed by atoms with Gasteiger partial charge >= 0.3 is 5.97 Å². The second-order valence-corrected chi connectivity index (χ2v) is 7.21. The topological polar surface area (TPSA) is 51.1 Å². The maximum absolute atomic E-state index is 12.0. The minimum absolute atomic E-state index is 0.0363. The molecule has 1 aliphatic heterocycles. The summed E-state index contributed by atoms with van der Waals surface area (Å²) in [6.07, 6.45) is 9.87. The maximum Gasteiger partial charge on any atom is 0.308 e. The first-order valence-electron chi connectivity index (χ1n) is 9.59. The molecular weight excluding hydrogens is 304 g/mol.